The number of nitrogens with one attached hydrogen (secondary N) is 2. The van der Waals surface area contributed by atoms with E-state index in [0.717, 1.165) is 42.6 Å². The molecule has 0 unspecified atom stereocenters. The zero-order valence-corrected chi connectivity index (χ0v) is 17.0. The minimum atomic E-state index is -0.424. The average Bonchev–Trinajstić information content (AvgIpc) is 2.76. The Kier molecular flexibility index (Phi) is 8.13. The van der Waals surface area contributed by atoms with Crippen molar-refractivity contribution in [1.82, 2.24) is 10.2 Å². The molecule has 1 aliphatic heterocycles. The van der Waals surface area contributed by atoms with Crippen molar-refractivity contribution in [3.63, 3.8) is 0 Å². The normalized spacial score (nSPS) is 14.8. The minimum Gasteiger partial charge on any atom is -0.388 e. The van der Waals surface area contributed by atoms with Gasteiger partial charge >= 0.3 is 0 Å². The van der Waals surface area contributed by atoms with Crippen LogP contribution in [0.2, 0.25) is 0 Å². The molecular formula is C22H24N4O2S. The van der Waals surface area contributed by atoms with Gasteiger partial charge in [0.05, 0.1) is 18.9 Å². The van der Waals surface area contributed by atoms with E-state index in [1.54, 1.807) is 11.8 Å². The number of hydrogen-bond acceptors (Lipinski definition) is 6. The number of nitriles is 1. The number of ether oxygens (including phenoxy) is 1. The van der Waals surface area contributed by atoms with Crippen molar-refractivity contribution in [2.24, 2.45) is 0 Å². The Bertz CT molecular complexity index is 874. The second kappa shape index (κ2) is 11.3. The number of hydrogen-bond donors (Lipinski definition) is 2. The molecular weight excluding hydrogens is 384 g/mol. The Morgan fingerprint density at radius 2 is 1.86 bits per heavy atom. The SMILES string of the molecule is N#C/C(=C/NCCN1CCOCC1)C(=O)Nc1ccccc1Sc1ccccc1. The molecule has 150 valence electrons. The predicted molar refractivity (Wildman–Crippen MR) is 115 cm³/mol. The molecule has 1 heterocycles. The molecule has 2 N–H and O–H groups in total. The summed E-state index contributed by atoms with van der Waals surface area (Å²) in [5, 5.41) is 15.3. The summed E-state index contributed by atoms with van der Waals surface area (Å²) in [6.07, 6.45) is 1.49. The molecule has 0 spiro atoms. The van der Waals surface area contributed by atoms with Crippen LogP contribution in [0.3, 0.4) is 0 Å². The summed E-state index contributed by atoms with van der Waals surface area (Å²) in [5.41, 5.74) is 0.729. The number of rotatable bonds is 8. The highest BCUT2D eigenvalue weighted by Crippen LogP contribution is 2.33. The Labute approximate surface area is 175 Å². The maximum atomic E-state index is 12.6. The third kappa shape index (κ3) is 6.64. The van der Waals surface area contributed by atoms with Crippen LogP contribution in [-0.4, -0.2) is 50.2 Å². The molecule has 0 bridgehead atoms. The van der Waals surface area contributed by atoms with E-state index in [9.17, 15) is 10.1 Å². The summed E-state index contributed by atoms with van der Waals surface area (Å²) >= 11 is 1.56. The van der Waals surface area contributed by atoms with Crippen molar-refractivity contribution in [3.8, 4) is 6.07 Å². The molecule has 0 atom stereocenters. The Morgan fingerprint density at radius 1 is 1.14 bits per heavy atom. The van der Waals surface area contributed by atoms with Crippen molar-refractivity contribution in [1.29, 1.82) is 5.26 Å². The molecule has 7 heteroatoms. The van der Waals surface area contributed by atoms with E-state index in [-0.39, 0.29) is 5.57 Å². The number of anilines is 1. The number of para-hydroxylation sites is 1. The predicted octanol–water partition coefficient (Wildman–Crippen LogP) is 3.11. The van der Waals surface area contributed by atoms with E-state index in [0.29, 0.717) is 12.2 Å². The largest absolute Gasteiger partial charge is 0.388 e. The first-order valence-electron chi connectivity index (χ1n) is 9.53. The first-order chi connectivity index (χ1) is 14.3. The van der Waals surface area contributed by atoms with E-state index in [1.807, 2.05) is 60.7 Å². The molecule has 2 aromatic rings. The van der Waals surface area contributed by atoms with Crippen LogP contribution >= 0.6 is 11.8 Å². The van der Waals surface area contributed by atoms with Gasteiger partial charge in [-0.25, -0.2) is 0 Å². The van der Waals surface area contributed by atoms with Gasteiger partial charge in [-0.3, -0.25) is 9.69 Å². The van der Waals surface area contributed by atoms with Crippen molar-refractivity contribution in [2.75, 3.05) is 44.7 Å². The lowest BCUT2D eigenvalue weighted by Crippen LogP contribution is -2.39. The minimum absolute atomic E-state index is 0.0477. The lowest BCUT2D eigenvalue weighted by Gasteiger charge is -2.26. The zero-order chi connectivity index (χ0) is 20.3. The van der Waals surface area contributed by atoms with Gasteiger partial charge in [-0.1, -0.05) is 42.1 Å². The lowest BCUT2D eigenvalue weighted by atomic mass is 10.2. The highest BCUT2D eigenvalue weighted by molar-refractivity contribution is 7.99. The van der Waals surface area contributed by atoms with Gasteiger partial charge in [0.15, 0.2) is 0 Å². The molecule has 1 amide bonds. The quantitative estimate of drug-likeness (QED) is 0.397. The van der Waals surface area contributed by atoms with Gasteiger partial charge in [-0.15, -0.1) is 0 Å². The van der Waals surface area contributed by atoms with Gasteiger partial charge in [-0.05, 0) is 24.3 Å². The third-order valence-corrected chi connectivity index (χ3v) is 5.48. The van der Waals surface area contributed by atoms with Gasteiger partial charge in [0.1, 0.15) is 11.6 Å². The first-order valence-corrected chi connectivity index (χ1v) is 10.3. The summed E-state index contributed by atoms with van der Waals surface area (Å²) in [5.74, 6) is -0.424. The maximum Gasteiger partial charge on any atom is 0.267 e. The van der Waals surface area contributed by atoms with Crippen LogP contribution in [0.15, 0.2) is 76.2 Å². The zero-order valence-electron chi connectivity index (χ0n) is 16.1. The number of nitrogens with zero attached hydrogens (tertiary/aromatic N) is 2. The van der Waals surface area contributed by atoms with Gasteiger partial charge < -0.3 is 15.4 Å². The Balaban J connectivity index is 1.57. The first kappa shape index (κ1) is 20.9. The van der Waals surface area contributed by atoms with Crippen molar-refractivity contribution in [2.45, 2.75) is 9.79 Å². The highest BCUT2D eigenvalue weighted by atomic mass is 32.2. The lowest BCUT2D eigenvalue weighted by molar-refractivity contribution is -0.112. The molecule has 3 rings (SSSR count). The maximum absolute atomic E-state index is 12.6. The average molecular weight is 409 g/mol. The number of amides is 1. The number of morpholine rings is 1. The van der Waals surface area contributed by atoms with Crippen LogP contribution in [0, 0.1) is 11.3 Å². The fourth-order valence-electron chi connectivity index (χ4n) is 2.83. The summed E-state index contributed by atoms with van der Waals surface area (Å²) < 4.78 is 5.33. The van der Waals surface area contributed by atoms with Crippen molar-refractivity contribution >= 4 is 23.4 Å². The molecule has 29 heavy (non-hydrogen) atoms. The van der Waals surface area contributed by atoms with Crippen LogP contribution in [0.4, 0.5) is 5.69 Å². The molecule has 1 saturated heterocycles. The van der Waals surface area contributed by atoms with Gasteiger partial charge in [0.25, 0.3) is 5.91 Å². The van der Waals surface area contributed by atoms with E-state index in [4.69, 9.17) is 4.74 Å². The number of carbonyl (C=O) groups is 1. The third-order valence-electron chi connectivity index (χ3n) is 4.39. The molecule has 0 aliphatic carbocycles. The van der Waals surface area contributed by atoms with E-state index in [2.05, 4.69) is 15.5 Å². The van der Waals surface area contributed by atoms with Gasteiger partial charge in [0.2, 0.25) is 0 Å². The second-order valence-electron chi connectivity index (χ2n) is 6.44. The van der Waals surface area contributed by atoms with Crippen molar-refractivity contribution < 1.29 is 9.53 Å². The topological polar surface area (TPSA) is 77.4 Å². The van der Waals surface area contributed by atoms with Crippen molar-refractivity contribution in [3.05, 3.63) is 66.4 Å². The van der Waals surface area contributed by atoms with E-state index in [1.165, 1.54) is 6.20 Å². The van der Waals surface area contributed by atoms with Crippen LogP contribution < -0.4 is 10.6 Å². The van der Waals surface area contributed by atoms with Gasteiger partial charge in [0, 0.05) is 42.2 Å². The summed E-state index contributed by atoms with van der Waals surface area (Å²) in [6.45, 7) is 4.83. The Morgan fingerprint density at radius 3 is 2.62 bits per heavy atom. The molecule has 6 nitrogen and oxygen atoms in total. The monoisotopic (exact) mass is 408 g/mol. The fraction of sp³-hybridized carbons (Fsp3) is 0.273. The summed E-state index contributed by atoms with van der Waals surface area (Å²) in [7, 11) is 0. The molecule has 1 fully saturated rings. The second-order valence-corrected chi connectivity index (χ2v) is 7.56. The molecule has 0 aromatic heterocycles. The molecule has 1 aliphatic rings. The number of carbonyl (C=O) groups excluding carboxylic acids is 1. The summed E-state index contributed by atoms with van der Waals surface area (Å²) in [6, 6.07) is 19.5. The Hall–Kier alpha value is -2.79. The highest BCUT2D eigenvalue weighted by Gasteiger charge is 2.13. The smallest absolute Gasteiger partial charge is 0.267 e. The van der Waals surface area contributed by atoms with Crippen LogP contribution in [0.25, 0.3) is 0 Å². The fourth-order valence-corrected chi connectivity index (χ4v) is 3.76. The van der Waals surface area contributed by atoms with Gasteiger partial charge in [-0.2, -0.15) is 5.26 Å². The van der Waals surface area contributed by atoms with E-state index >= 15 is 0 Å². The van der Waals surface area contributed by atoms with Crippen LogP contribution in [-0.2, 0) is 9.53 Å². The summed E-state index contributed by atoms with van der Waals surface area (Å²) in [4.78, 5) is 16.9. The molecule has 0 radical (unpaired) electrons. The molecule has 2 aromatic carbocycles. The van der Waals surface area contributed by atoms with E-state index < -0.39 is 5.91 Å². The molecule has 0 saturated carbocycles. The van der Waals surface area contributed by atoms with Crippen LogP contribution in [0.5, 0.6) is 0 Å². The van der Waals surface area contributed by atoms with Crippen LogP contribution in [0.1, 0.15) is 0 Å². The number of benzene rings is 2. The standard InChI is InChI=1S/C22H24N4O2S/c23-16-18(17-24-10-11-26-12-14-28-15-13-26)22(27)25-20-8-4-5-9-21(20)29-19-6-2-1-3-7-19/h1-9,17,24H,10-15H2,(H,25,27)/b18-17-.